The number of rotatable bonds is 6. The lowest BCUT2D eigenvalue weighted by Gasteiger charge is -2.26. The van der Waals surface area contributed by atoms with Crippen molar-refractivity contribution < 1.29 is 18.7 Å². The number of para-hydroxylation sites is 1. The van der Waals surface area contributed by atoms with Gasteiger partial charge in [0, 0.05) is 26.2 Å². The molecule has 1 saturated heterocycles. The maximum absolute atomic E-state index is 13.3. The lowest BCUT2D eigenvalue weighted by Crippen LogP contribution is -2.42. The monoisotopic (exact) mass is 282 g/mol. The second kappa shape index (κ2) is 7.81. The average Bonchev–Trinajstić information content (AvgIpc) is 2.47. The Bertz CT molecular complexity index is 436. The van der Waals surface area contributed by atoms with Crippen molar-refractivity contribution in [1.29, 1.82) is 0 Å². The Kier molecular flexibility index (Phi) is 5.76. The Labute approximate surface area is 117 Å². The Morgan fingerprint density at radius 2 is 2.10 bits per heavy atom. The van der Waals surface area contributed by atoms with Crippen LogP contribution in [-0.4, -0.2) is 56.8 Å². The van der Waals surface area contributed by atoms with Gasteiger partial charge < -0.3 is 14.8 Å². The summed E-state index contributed by atoms with van der Waals surface area (Å²) in [7, 11) is 0. The van der Waals surface area contributed by atoms with Crippen molar-refractivity contribution in [3.8, 4) is 5.75 Å². The molecule has 0 saturated carbocycles. The topological polar surface area (TPSA) is 50.8 Å². The third-order valence-electron chi connectivity index (χ3n) is 3.05. The van der Waals surface area contributed by atoms with Gasteiger partial charge in [0.25, 0.3) is 5.91 Å². The van der Waals surface area contributed by atoms with E-state index in [0.29, 0.717) is 6.54 Å². The molecule has 0 atom stereocenters. The van der Waals surface area contributed by atoms with Crippen LogP contribution in [0.15, 0.2) is 24.3 Å². The predicted octanol–water partition coefficient (Wildman–Crippen LogP) is 0.653. The van der Waals surface area contributed by atoms with Crippen LogP contribution in [0.5, 0.6) is 5.75 Å². The van der Waals surface area contributed by atoms with Crippen molar-refractivity contribution in [3.63, 3.8) is 0 Å². The number of nitrogens with zero attached hydrogens (tertiary/aromatic N) is 1. The minimum atomic E-state index is -0.464. The van der Waals surface area contributed by atoms with E-state index in [-0.39, 0.29) is 18.3 Å². The van der Waals surface area contributed by atoms with E-state index in [2.05, 4.69) is 10.2 Å². The highest BCUT2D eigenvalue weighted by molar-refractivity contribution is 5.77. The van der Waals surface area contributed by atoms with Gasteiger partial charge in [0.2, 0.25) is 0 Å². The molecule has 1 aliphatic heterocycles. The van der Waals surface area contributed by atoms with Gasteiger partial charge in [-0.15, -0.1) is 0 Å². The fourth-order valence-electron chi connectivity index (χ4n) is 1.93. The number of morpholine rings is 1. The van der Waals surface area contributed by atoms with E-state index in [4.69, 9.17) is 9.47 Å². The molecule has 0 aliphatic carbocycles. The minimum Gasteiger partial charge on any atom is -0.481 e. The SMILES string of the molecule is O=C(COc1ccccc1F)NCCN1CCOCC1. The van der Waals surface area contributed by atoms with E-state index in [1.807, 2.05) is 0 Å². The second-order valence-electron chi connectivity index (χ2n) is 4.52. The summed E-state index contributed by atoms with van der Waals surface area (Å²) in [6.45, 7) is 4.43. The van der Waals surface area contributed by atoms with Crippen LogP contribution in [0.4, 0.5) is 4.39 Å². The minimum absolute atomic E-state index is 0.0934. The van der Waals surface area contributed by atoms with E-state index < -0.39 is 5.82 Å². The normalized spacial score (nSPS) is 15.8. The molecule has 20 heavy (non-hydrogen) atoms. The lowest BCUT2D eigenvalue weighted by molar-refractivity contribution is -0.123. The van der Waals surface area contributed by atoms with E-state index in [1.165, 1.54) is 12.1 Å². The van der Waals surface area contributed by atoms with Crippen LogP contribution < -0.4 is 10.1 Å². The molecule has 0 aromatic heterocycles. The van der Waals surface area contributed by atoms with Gasteiger partial charge in [-0.2, -0.15) is 0 Å². The van der Waals surface area contributed by atoms with Gasteiger partial charge in [0.1, 0.15) is 0 Å². The van der Waals surface area contributed by atoms with Crippen LogP contribution in [0.25, 0.3) is 0 Å². The highest BCUT2D eigenvalue weighted by Crippen LogP contribution is 2.14. The smallest absolute Gasteiger partial charge is 0.257 e. The summed E-state index contributed by atoms with van der Waals surface area (Å²) in [6, 6.07) is 6.03. The number of benzene rings is 1. The van der Waals surface area contributed by atoms with Crippen LogP contribution in [-0.2, 0) is 9.53 Å². The van der Waals surface area contributed by atoms with Gasteiger partial charge in [-0.05, 0) is 12.1 Å². The van der Waals surface area contributed by atoms with Crippen LogP contribution in [0.3, 0.4) is 0 Å². The third kappa shape index (κ3) is 4.79. The first-order valence-corrected chi connectivity index (χ1v) is 6.70. The molecule has 0 spiro atoms. The van der Waals surface area contributed by atoms with Crippen LogP contribution in [0, 0.1) is 5.82 Å². The Hall–Kier alpha value is -1.66. The first kappa shape index (κ1) is 14.7. The standard InChI is InChI=1S/C14H19FN2O3/c15-12-3-1-2-4-13(12)20-11-14(18)16-5-6-17-7-9-19-10-8-17/h1-4H,5-11H2,(H,16,18). The van der Waals surface area contributed by atoms with Crippen molar-refractivity contribution >= 4 is 5.91 Å². The highest BCUT2D eigenvalue weighted by atomic mass is 19.1. The summed E-state index contributed by atoms with van der Waals surface area (Å²) in [5.41, 5.74) is 0. The number of nitrogens with one attached hydrogen (secondary N) is 1. The fourth-order valence-corrected chi connectivity index (χ4v) is 1.93. The molecule has 1 aliphatic rings. The molecule has 1 N–H and O–H groups in total. The number of hydrogen-bond acceptors (Lipinski definition) is 4. The molecule has 6 heteroatoms. The summed E-state index contributed by atoms with van der Waals surface area (Å²) in [5, 5.41) is 2.75. The third-order valence-corrected chi connectivity index (χ3v) is 3.05. The number of carbonyl (C=O) groups excluding carboxylic acids is 1. The Morgan fingerprint density at radius 3 is 2.85 bits per heavy atom. The predicted molar refractivity (Wildman–Crippen MR) is 72.2 cm³/mol. The van der Waals surface area contributed by atoms with Gasteiger partial charge in [0.05, 0.1) is 13.2 Å². The van der Waals surface area contributed by atoms with Gasteiger partial charge in [0.15, 0.2) is 18.2 Å². The van der Waals surface area contributed by atoms with Crippen LogP contribution in [0.2, 0.25) is 0 Å². The van der Waals surface area contributed by atoms with Gasteiger partial charge in [-0.1, -0.05) is 12.1 Å². The molecule has 1 heterocycles. The van der Waals surface area contributed by atoms with E-state index in [9.17, 15) is 9.18 Å². The first-order valence-electron chi connectivity index (χ1n) is 6.70. The van der Waals surface area contributed by atoms with E-state index in [0.717, 1.165) is 32.8 Å². The average molecular weight is 282 g/mol. The Balaban J connectivity index is 1.62. The zero-order valence-electron chi connectivity index (χ0n) is 11.3. The molecule has 2 rings (SSSR count). The maximum atomic E-state index is 13.3. The highest BCUT2D eigenvalue weighted by Gasteiger charge is 2.10. The number of carbonyl (C=O) groups is 1. The number of hydrogen-bond donors (Lipinski definition) is 1. The zero-order chi connectivity index (χ0) is 14.2. The Morgan fingerprint density at radius 1 is 1.35 bits per heavy atom. The molecule has 1 fully saturated rings. The molecule has 0 radical (unpaired) electrons. The van der Waals surface area contributed by atoms with E-state index >= 15 is 0 Å². The molecule has 5 nitrogen and oxygen atoms in total. The molecule has 110 valence electrons. The second-order valence-corrected chi connectivity index (χ2v) is 4.52. The van der Waals surface area contributed by atoms with Gasteiger partial charge >= 0.3 is 0 Å². The first-order chi connectivity index (χ1) is 9.75. The number of amides is 1. The van der Waals surface area contributed by atoms with Gasteiger partial charge in [-0.3, -0.25) is 9.69 Å². The summed E-state index contributed by atoms with van der Waals surface area (Å²) in [4.78, 5) is 13.8. The summed E-state index contributed by atoms with van der Waals surface area (Å²) in [5.74, 6) is -0.619. The quantitative estimate of drug-likeness (QED) is 0.832. The van der Waals surface area contributed by atoms with Crippen molar-refractivity contribution in [3.05, 3.63) is 30.1 Å². The summed E-state index contributed by atoms with van der Waals surface area (Å²) < 4.78 is 23.6. The molecule has 1 aromatic carbocycles. The molecule has 1 amide bonds. The largest absolute Gasteiger partial charge is 0.481 e. The molecule has 0 unspecified atom stereocenters. The number of halogens is 1. The summed E-state index contributed by atoms with van der Waals surface area (Å²) >= 11 is 0. The van der Waals surface area contributed by atoms with Crippen molar-refractivity contribution in [2.75, 3.05) is 46.0 Å². The molecule has 0 bridgehead atoms. The van der Waals surface area contributed by atoms with E-state index in [1.54, 1.807) is 12.1 Å². The molecule has 1 aromatic rings. The summed E-state index contributed by atoms with van der Waals surface area (Å²) in [6.07, 6.45) is 0. The van der Waals surface area contributed by atoms with Gasteiger partial charge in [-0.25, -0.2) is 4.39 Å². The lowest BCUT2D eigenvalue weighted by atomic mass is 10.3. The molecular weight excluding hydrogens is 263 g/mol. The number of ether oxygens (including phenoxy) is 2. The van der Waals surface area contributed by atoms with Crippen molar-refractivity contribution in [1.82, 2.24) is 10.2 Å². The molecular formula is C14H19FN2O3. The van der Waals surface area contributed by atoms with Crippen molar-refractivity contribution in [2.45, 2.75) is 0 Å². The maximum Gasteiger partial charge on any atom is 0.257 e. The van der Waals surface area contributed by atoms with Crippen LogP contribution >= 0.6 is 0 Å². The van der Waals surface area contributed by atoms with Crippen LogP contribution in [0.1, 0.15) is 0 Å². The van der Waals surface area contributed by atoms with Crippen molar-refractivity contribution in [2.24, 2.45) is 0 Å². The fraction of sp³-hybridized carbons (Fsp3) is 0.500. The zero-order valence-corrected chi connectivity index (χ0v) is 11.3.